The van der Waals surface area contributed by atoms with E-state index < -0.39 is 0 Å². The minimum Gasteiger partial charge on any atom is -0.297 e. The number of ketones is 1. The molecule has 5 nitrogen and oxygen atoms in total. The van der Waals surface area contributed by atoms with Crippen molar-refractivity contribution in [2.45, 2.75) is 32.2 Å². The molecule has 1 aliphatic heterocycles. The van der Waals surface area contributed by atoms with Crippen molar-refractivity contribution in [3.05, 3.63) is 118 Å². The van der Waals surface area contributed by atoms with Crippen LogP contribution in [0.3, 0.4) is 0 Å². The third-order valence-corrected chi connectivity index (χ3v) is 7.18. The van der Waals surface area contributed by atoms with Gasteiger partial charge < -0.3 is 0 Å². The number of halogens is 1. The van der Waals surface area contributed by atoms with Gasteiger partial charge in [-0.15, -0.1) is 0 Å². The fourth-order valence-electron chi connectivity index (χ4n) is 4.87. The van der Waals surface area contributed by atoms with Gasteiger partial charge in [-0.2, -0.15) is 10.4 Å². The number of rotatable bonds is 6. The first-order valence-electron chi connectivity index (χ1n) is 12.2. The summed E-state index contributed by atoms with van der Waals surface area (Å²) in [5.41, 5.74) is 4.99. The number of piperidine rings is 1. The third-order valence-electron chi connectivity index (χ3n) is 6.92. The van der Waals surface area contributed by atoms with Crippen LogP contribution in [-0.2, 0) is 6.54 Å². The van der Waals surface area contributed by atoms with Crippen LogP contribution in [0.15, 0.2) is 78.9 Å². The Kier molecular flexibility index (Phi) is 6.99. The van der Waals surface area contributed by atoms with Gasteiger partial charge in [0.25, 0.3) is 0 Å². The molecule has 3 aromatic carbocycles. The number of nitrogens with zero attached hydrogens (tertiary/aromatic N) is 4. The van der Waals surface area contributed by atoms with Gasteiger partial charge in [-0.05, 0) is 68.6 Å². The molecule has 4 aromatic rings. The van der Waals surface area contributed by atoms with Crippen LogP contribution < -0.4 is 0 Å². The van der Waals surface area contributed by atoms with Gasteiger partial charge in [0.15, 0.2) is 5.69 Å². The standard InChI is InChI=1S/C30H27ClN4O/c1-21-7-9-24(10-8-21)30(36)29-27(19-32)28(35(33-29)26-13-11-25(31)12-14-26)20-34-17-15-23(16-18-34)22-5-3-2-4-6-22/h2-14,23H,15-18,20H2,1H3. The fourth-order valence-corrected chi connectivity index (χ4v) is 5.00. The number of carbonyl (C=O) groups excluding carboxylic acids is 1. The summed E-state index contributed by atoms with van der Waals surface area (Å²) in [5.74, 6) is 0.293. The first-order chi connectivity index (χ1) is 17.5. The smallest absolute Gasteiger partial charge is 0.214 e. The molecule has 0 aliphatic carbocycles. The molecule has 0 saturated carbocycles. The van der Waals surface area contributed by atoms with E-state index in [9.17, 15) is 10.1 Å². The summed E-state index contributed by atoms with van der Waals surface area (Å²) in [4.78, 5) is 15.8. The molecule has 1 saturated heterocycles. The lowest BCUT2D eigenvalue weighted by Crippen LogP contribution is -2.33. The van der Waals surface area contributed by atoms with E-state index in [1.54, 1.807) is 28.9 Å². The van der Waals surface area contributed by atoms with Crippen LogP contribution >= 0.6 is 11.6 Å². The Balaban J connectivity index is 1.47. The fraction of sp³-hybridized carbons (Fsp3) is 0.233. The average molecular weight is 495 g/mol. The molecule has 36 heavy (non-hydrogen) atoms. The number of hydrogen-bond donors (Lipinski definition) is 0. The van der Waals surface area contributed by atoms with Crippen molar-refractivity contribution in [1.82, 2.24) is 14.7 Å². The van der Waals surface area contributed by atoms with Crippen LogP contribution in [0.1, 0.15) is 57.2 Å². The van der Waals surface area contributed by atoms with Crippen LogP contribution in [0.4, 0.5) is 0 Å². The molecular weight excluding hydrogens is 468 g/mol. The number of nitriles is 1. The first kappa shape index (κ1) is 24.0. The predicted octanol–water partition coefficient (Wildman–Crippen LogP) is 6.32. The molecule has 0 spiro atoms. The van der Waals surface area contributed by atoms with Gasteiger partial charge in [0.05, 0.1) is 11.4 Å². The number of likely N-dealkylation sites (tertiary alicyclic amines) is 1. The molecule has 180 valence electrons. The molecular formula is C30H27ClN4O. The molecule has 1 aliphatic rings. The molecule has 0 radical (unpaired) electrons. The van der Waals surface area contributed by atoms with Crippen molar-refractivity contribution in [1.29, 1.82) is 5.26 Å². The maximum atomic E-state index is 13.4. The van der Waals surface area contributed by atoms with Crippen LogP contribution in [-0.4, -0.2) is 33.6 Å². The highest BCUT2D eigenvalue weighted by Gasteiger charge is 2.28. The minimum absolute atomic E-state index is 0.186. The number of carbonyl (C=O) groups is 1. The maximum Gasteiger partial charge on any atom is 0.214 e. The molecule has 2 heterocycles. The highest BCUT2D eigenvalue weighted by molar-refractivity contribution is 6.30. The van der Waals surface area contributed by atoms with Crippen LogP contribution in [0.2, 0.25) is 5.02 Å². The summed E-state index contributed by atoms with van der Waals surface area (Å²) in [6.07, 6.45) is 2.10. The SMILES string of the molecule is Cc1ccc(C(=O)c2nn(-c3ccc(Cl)cc3)c(CN3CCC(c4ccccc4)CC3)c2C#N)cc1. The van der Waals surface area contributed by atoms with Crippen molar-refractivity contribution in [2.75, 3.05) is 13.1 Å². The van der Waals surface area contributed by atoms with E-state index in [1.165, 1.54) is 5.56 Å². The predicted molar refractivity (Wildman–Crippen MR) is 142 cm³/mol. The Hall–Kier alpha value is -3.72. The lowest BCUT2D eigenvalue weighted by Gasteiger charge is -2.32. The van der Waals surface area contributed by atoms with E-state index in [4.69, 9.17) is 11.6 Å². The van der Waals surface area contributed by atoms with Crippen LogP contribution in [0.25, 0.3) is 5.69 Å². The van der Waals surface area contributed by atoms with Crippen LogP contribution in [0.5, 0.6) is 0 Å². The molecule has 0 atom stereocenters. The van der Waals surface area contributed by atoms with Gasteiger partial charge in [-0.1, -0.05) is 71.8 Å². The minimum atomic E-state index is -0.247. The number of aromatic nitrogens is 2. The third kappa shape index (κ3) is 4.97. The van der Waals surface area contributed by atoms with Crippen molar-refractivity contribution < 1.29 is 4.79 Å². The van der Waals surface area contributed by atoms with E-state index in [1.807, 2.05) is 31.2 Å². The van der Waals surface area contributed by atoms with E-state index in [0.29, 0.717) is 28.6 Å². The van der Waals surface area contributed by atoms with Crippen molar-refractivity contribution in [2.24, 2.45) is 0 Å². The Morgan fingerprint density at radius 2 is 1.67 bits per heavy atom. The lowest BCUT2D eigenvalue weighted by molar-refractivity contribution is 0.103. The topological polar surface area (TPSA) is 61.9 Å². The van der Waals surface area contributed by atoms with Gasteiger partial charge in [0.1, 0.15) is 11.6 Å². The molecule has 0 amide bonds. The Morgan fingerprint density at radius 1 is 1.00 bits per heavy atom. The molecule has 0 unspecified atom stereocenters. The number of hydrogen-bond acceptors (Lipinski definition) is 4. The quantitative estimate of drug-likeness (QED) is 0.294. The highest BCUT2D eigenvalue weighted by Crippen LogP contribution is 2.30. The van der Waals surface area contributed by atoms with Crippen molar-refractivity contribution in [3.8, 4) is 11.8 Å². The largest absolute Gasteiger partial charge is 0.297 e. The second-order valence-corrected chi connectivity index (χ2v) is 9.76. The van der Waals surface area contributed by atoms with Gasteiger partial charge in [-0.3, -0.25) is 9.69 Å². The van der Waals surface area contributed by atoms with Crippen molar-refractivity contribution >= 4 is 17.4 Å². The Bertz CT molecular complexity index is 1390. The molecule has 6 heteroatoms. The van der Waals surface area contributed by atoms with Gasteiger partial charge in [-0.25, -0.2) is 4.68 Å². The van der Waals surface area contributed by atoms with E-state index in [0.717, 1.165) is 42.9 Å². The molecule has 0 bridgehead atoms. The maximum absolute atomic E-state index is 13.4. The zero-order chi connectivity index (χ0) is 25.1. The first-order valence-corrected chi connectivity index (χ1v) is 12.6. The molecule has 1 fully saturated rings. The molecule has 5 rings (SSSR count). The summed E-state index contributed by atoms with van der Waals surface area (Å²) in [6.45, 7) is 4.35. The zero-order valence-corrected chi connectivity index (χ0v) is 20.9. The highest BCUT2D eigenvalue weighted by atomic mass is 35.5. The summed E-state index contributed by atoms with van der Waals surface area (Å²) in [7, 11) is 0. The van der Waals surface area contributed by atoms with Gasteiger partial charge in [0.2, 0.25) is 5.78 Å². The van der Waals surface area contributed by atoms with E-state index >= 15 is 0 Å². The number of aryl methyl sites for hydroxylation is 1. The van der Waals surface area contributed by atoms with E-state index in [-0.39, 0.29) is 11.5 Å². The summed E-state index contributed by atoms with van der Waals surface area (Å²) in [6, 6.07) is 27.6. The molecule has 1 aromatic heterocycles. The summed E-state index contributed by atoms with van der Waals surface area (Å²) < 4.78 is 1.74. The number of benzene rings is 3. The molecule has 0 N–H and O–H groups in total. The monoisotopic (exact) mass is 494 g/mol. The lowest BCUT2D eigenvalue weighted by atomic mass is 9.89. The second-order valence-electron chi connectivity index (χ2n) is 9.33. The Morgan fingerprint density at radius 3 is 2.31 bits per heavy atom. The average Bonchev–Trinajstić information content (AvgIpc) is 3.28. The van der Waals surface area contributed by atoms with E-state index in [2.05, 4.69) is 46.4 Å². The summed E-state index contributed by atoms with van der Waals surface area (Å²) >= 11 is 6.12. The van der Waals surface area contributed by atoms with Gasteiger partial charge >= 0.3 is 0 Å². The second kappa shape index (κ2) is 10.5. The van der Waals surface area contributed by atoms with Crippen LogP contribution in [0, 0.1) is 18.3 Å². The Labute approximate surface area is 216 Å². The summed E-state index contributed by atoms with van der Waals surface area (Å²) in [5, 5.41) is 15.5. The normalized spacial score (nSPS) is 14.5. The zero-order valence-electron chi connectivity index (χ0n) is 20.2. The van der Waals surface area contributed by atoms with Gasteiger partial charge in [0, 0.05) is 17.1 Å². The van der Waals surface area contributed by atoms with Crippen molar-refractivity contribution in [3.63, 3.8) is 0 Å².